The average molecular weight is 246 g/mol. The van der Waals surface area contributed by atoms with Gasteiger partial charge in [0.25, 0.3) is 0 Å². The Morgan fingerprint density at radius 2 is 2.17 bits per heavy atom. The minimum Gasteiger partial charge on any atom is -0.370 e. The molecular weight excluding hydrogens is 224 g/mol. The zero-order valence-electron chi connectivity index (χ0n) is 11.0. The minimum absolute atomic E-state index is 0.513. The Balaban J connectivity index is 1.82. The van der Waals surface area contributed by atoms with E-state index in [1.165, 1.54) is 32.1 Å². The van der Waals surface area contributed by atoms with Crippen LogP contribution in [0.4, 0.5) is 0 Å². The summed E-state index contributed by atoms with van der Waals surface area (Å²) < 4.78 is 0. The molecule has 3 N–H and O–H groups in total. The maximum Gasteiger partial charge on any atom is 0.189 e. The molecule has 0 aromatic carbocycles. The zero-order valence-corrected chi connectivity index (χ0v) is 11.0. The van der Waals surface area contributed by atoms with Crippen LogP contribution in [0.5, 0.6) is 0 Å². The lowest BCUT2D eigenvalue weighted by Crippen LogP contribution is -2.41. The van der Waals surface area contributed by atoms with E-state index >= 15 is 0 Å². The number of hydrogen-bond donors (Lipinski definition) is 2. The predicted octanol–water partition coefficient (Wildman–Crippen LogP) is 2.13. The number of aliphatic imine (C=N–C) groups is 1. The topological polar surface area (TPSA) is 63.3 Å². The van der Waals surface area contributed by atoms with Crippen LogP contribution in [0.2, 0.25) is 0 Å². The molecule has 1 aromatic rings. The van der Waals surface area contributed by atoms with E-state index in [0.29, 0.717) is 18.5 Å². The van der Waals surface area contributed by atoms with E-state index in [2.05, 4.69) is 15.3 Å². The summed E-state index contributed by atoms with van der Waals surface area (Å²) >= 11 is 0. The summed E-state index contributed by atoms with van der Waals surface area (Å²) in [6, 6.07) is 4.55. The molecule has 98 valence electrons. The smallest absolute Gasteiger partial charge is 0.189 e. The first-order valence-electron chi connectivity index (χ1n) is 6.72. The molecule has 0 amide bonds. The van der Waals surface area contributed by atoms with Crippen LogP contribution in [-0.2, 0) is 6.54 Å². The fourth-order valence-corrected chi connectivity index (χ4v) is 2.27. The number of hydrogen-bond acceptors (Lipinski definition) is 2. The molecular formula is C14H22N4. The Morgan fingerprint density at radius 3 is 2.83 bits per heavy atom. The van der Waals surface area contributed by atoms with Gasteiger partial charge in [-0.2, -0.15) is 0 Å². The third-order valence-electron chi connectivity index (χ3n) is 3.36. The Bertz CT molecular complexity index is 391. The van der Waals surface area contributed by atoms with Crippen LogP contribution in [0.3, 0.4) is 0 Å². The number of aryl methyl sites for hydroxylation is 1. The molecule has 1 fully saturated rings. The van der Waals surface area contributed by atoms with E-state index in [-0.39, 0.29) is 0 Å². The Kier molecular flexibility index (Phi) is 4.56. The lowest BCUT2D eigenvalue weighted by molar-refractivity contribution is 0.412. The van der Waals surface area contributed by atoms with Gasteiger partial charge in [-0.25, -0.2) is 4.99 Å². The van der Waals surface area contributed by atoms with Crippen molar-refractivity contribution in [1.82, 2.24) is 10.3 Å². The summed E-state index contributed by atoms with van der Waals surface area (Å²) in [5, 5.41) is 3.31. The summed E-state index contributed by atoms with van der Waals surface area (Å²) in [5.41, 5.74) is 8.02. The summed E-state index contributed by atoms with van der Waals surface area (Å²) in [4.78, 5) is 8.60. The highest BCUT2D eigenvalue weighted by atomic mass is 15.1. The van der Waals surface area contributed by atoms with Crippen LogP contribution < -0.4 is 11.1 Å². The average Bonchev–Trinajstić information content (AvgIpc) is 2.39. The molecule has 0 saturated heterocycles. The van der Waals surface area contributed by atoms with Gasteiger partial charge in [-0.3, -0.25) is 4.98 Å². The minimum atomic E-state index is 0.513. The molecule has 0 unspecified atom stereocenters. The summed E-state index contributed by atoms with van der Waals surface area (Å²) in [7, 11) is 0. The second-order valence-electron chi connectivity index (χ2n) is 4.99. The van der Waals surface area contributed by atoms with Crippen LogP contribution in [0, 0.1) is 6.92 Å². The van der Waals surface area contributed by atoms with Gasteiger partial charge in [-0.15, -0.1) is 0 Å². The van der Waals surface area contributed by atoms with Gasteiger partial charge in [0.05, 0.1) is 6.54 Å². The van der Waals surface area contributed by atoms with E-state index in [9.17, 15) is 0 Å². The molecule has 1 saturated carbocycles. The van der Waals surface area contributed by atoms with Crippen molar-refractivity contribution in [3.05, 3.63) is 29.6 Å². The van der Waals surface area contributed by atoms with E-state index in [0.717, 1.165) is 11.3 Å². The molecule has 1 aromatic heterocycles. The zero-order chi connectivity index (χ0) is 12.8. The van der Waals surface area contributed by atoms with Gasteiger partial charge in [0.1, 0.15) is 0 Å². The van der Waals surface area contributed by atoms with E-state index in [4.69, 9.17) is 5.73 Å². The number of nitrogens with two attached hydrogens (primary N) is 1. The maximum atomic E-state index is 5.90. The molecule has 0 atom stereocenters. The summed E-state index contributed by atoms with van der Waals surface area (Å²) in [6.45, 7) is 2.57. The monoisotopic (exact) mass is 246 g/mol. The van der Waals surface area contributed by atoms with Crippen LogP contribution in [0.15, 0.2) is 23.3 Å². The standard InChI is InChI=1S/C14H22N4/c1-11-7-8-12(9-16-11)10-17-14(15)18-13-5-3-2-4-6-13/h7-9,13H,2-6,10H2,1H3,(H3,15,17,18). The third-order valence-corrected chi connectivity index (χ3v) is 3.36. The lowest BCUT2D eigenvalue weighted by atomic mass is 9.96. The van der Waals surface area contributed by atoms with Gasteiger partial charge < -0.3 is 11.1 Å². The van der Waals surface area contributed by atoms with E-state index < -0.39 is 0 Å². The molecule has 18 heavy (non-hydrogen) atoms. The Labute approximate surface area is 109 Å². The van der Waals surface area contributed by atoms with E-state index in [1.807, 2.05) is 25.3 Å². The van der Waals surface area contributed by atoms with Gasteiger partial charge in [-0.05, 0) is 31.4 Å². The number of nitrogens with zero attached hydrogens (tertiary/aromatic N) is 2. The normalized spacial score (nSPS) is 17.7. The molecule has 0 bridgehead atoms. The molecule has 2 rings (SSSR count). The van der Waals surface area contributed by atoms with Crippen molar-refractivity contribution in [2.24, 2.45) is 10.7 Å². The third kappa shape index (κ3) is 4.02. The highest BCUT2D eigenvalue weighted by Crippen LogP contribution is 2.17. The van der Waals surface area contributed by atoms with Crippen molar-refractivity contribution in [3.63, 3.8) is 0 Å². The van der Waals surface area contributed by atoms with Gasteiger partial charge in [0.15, 0.2) is 5.96 Å². The summed E-state index contributed by atoms with van der Waals surface area (Å²) in [5.74, 6) is 0.558. The Hall–Kier alpha value is -1.58. The van der Waals surface area contributed by atoms with Crippen LogP contribution >= 0.6 is 0 Å². The molecule has 1 aliphatic carbocycles. The second kappa shape index (κ2) is 6.38. The molecule has 4 heteroatoms. The van der Waals surface area contributed by atoms with Crippen molar-refractivity contribution in [1.29, 1.82) is 0 Å². The number of guanidine groups is 1. The van der Waals surface area contributed by atoms with Gasteiger partial charge in [0, 0.05) is 17.9 Å². The van der Waals surface area contributed by atoms with Gasteiger partial charge >= 0.3 is 0 Å². The van der Waals surface area contributed by atoms with Crippen molar-refractivity contribution in [2.75, 3.05) is 0 Å². The molecule has 1 aliphatic rings. The van der Waals surface area contributed by atoms with Crippen LogP contribution in [-0.4, -0.2) is 17.0 Å². The van der Waals surface area contributed by atoms with Crippen molar-refractivity contribution < 1.29 is 0 Å². The SMILES string of the molecule is Cc1ccc(CN=C(N)NC2CCCCC2)cn1. The maximum absolute atomic E-state index is 5.90. The highest BCUT2D eigenvalue weighted by molar-refractivity contribution is 5.78. The second-order valence-corrected chi connectivity index (χ2v) is 4.99. The van der Waals surface area contributed by atoms with Crippen molar-refractivity contribution in [2.45, 2.75) is 51.6 Å². The van der Waals surface area contributed by atoms with Crippen molar-refractivity contribution in [3.8, 4) is 0 Å². The fourth-order valence-electron chi connectivity index (χ4n) is 2.27. The molecule has 0 radical (unpaired) electrons. The number of aromatic nitrogens is 1. The molecule has 4 nitrogen and oxygen atoms in total. The fraction of sp³-hybridized carbons (Fsp3) is 0.571. The van der Waals surface area contributed by atoms with Crippen LogP contribution in [0.1, 0.15) is 43.4 Å². The Morgan fingerprint density at radius 1 is 1.39 bits per heavy atom. The number of pyridine rings is 1. The van der Waals surface area contributed by atoms with Gasteiger partial charge in [0.2, 0.25) is 0 Å². The van der Waals surface area contributed by atoms with Crippen LogP contribution in [0.25, 0.3) is 0 Å². The molecule has 0 spiro atoms. The first kappa shape index (κ1) is 12.9. The summed E-state index contributed by atoms with van der Waals surface area (Å²) in [6.07, 6.45) is 8.22. The van der Waals surface area contributed by atoms with Crippen molar-refractivity contribution >= 4 is 5.96 Å². The predicted molar refractivity (Wildman–Crippen MR) is 74.3 cm³/mol. The lowest BCUT2D eigenvalue weighted by Gasteiger charge is -2.23. The van der Waals surface area contributed by atoms with E-state index in [1.54, 1.807) is 0 Å². The first-order valence-corrected chi connectivity index (χ1v) is 6.72. The highest BCUT2D eigenvalue weighted by Gasteiger charge is 2.13. The largest absolute Gasteiger partial charge is 0.370 e. The molecule has 0 aliphatic heterocycles. The number of rotatable bonds is 3. The quantitative estimate of drug-likeness (QED) is 0.634. The number of nitrogens with one attached hydrogen (secondary N) is 1. The first-order chi connectivity index (χ1) is 8.74. The van der Waals surface area contributed by atoms with Gasteiger partial charge in [-0.1, -0.05) is 25.3 Å². The molecule has 1 heterocycles.